The van der Waals surface area contributed by atoms with Crippen LogP contribution in [0.1, 0.15) is 25.3 Å². The van der Waals surface area contributed by atoms with Crippen molar-refractivity contribution >= 4 is 16.8 Å². The minimum atomic E-state index is 0.108. The van der Waals surface area contributed by atoms with Crippen molar-refractivity contribution in [3.05, 3.63) is 36.0 Å². The first-order valence-electron chi connectivity index (χ1n) is 7.81. The lowest BCUT2D eigenvalue weighted by Crippen LogP contribution is -2.29. The van der Waals surface area contributed by atoms with Crippen molar-refractivity contribution in [3.8, 4) is 0 Å². The highest BCUT2D eigenvalue weighted by Gasteiger charge is 2.21. The number of rotatable bonds is 7. The molecule has 0 radical (unpaired) electrons. The molecule has 21 heavy (non-hydrogen) atoms. The number of hydrogen-bond acceptors (Lipinski definition) is 2. The maximum Gasteiger partial charge on any atom is 0.239 e. The second-order valence-electron chi connectivity index (χ2n) is 5.86. The van der Waals surface area contributed by atoms with Gasteiger partial charge in [-0.1, -0.05) is 19.1 Å². The molecule has 2 N–H and O–H groups in total. The van der Waals surface area contributed by atoms with Gasteiger partial charge >= 0.3 is 0 Å². The first kappa shape index (κ1) is 14.1. The van der Waals surface area contributed by atoms with E-state index in [1.54, 1.807) is 0 Å². The zero-order chi connectivity index (χ0) is 14.7. The Kier molecular flexibility index (Phi) is 4.25. The van der Waals surface area contributed by atoms with Gasteiger partial charge in [0.05, 0.1) is 0 Å². The van der Waals surface area contributed by atoms with E-state index in [2.05, 4.69) is 41.8 Å². The fourth-order valence-corrected chi connectivity index (χ4v) is 2.54. The standard InChI is InChI=1S/C17H23N3O/c1-2-18-10-14-5-6-15-7-8-20(16(15)9-14)12-17(21)19-11-13-3-4-13/h5-9,13,18H,2-4,10-12H2,1H3,(H,19,21). The van der Waals surface area contributed by atoms with E-state index >= 15 is 0 Å². The summed E-state index contributed by atoms with van der Waals surface area (Å²) in [4.78, 5) is 12.0. The van der Waals surface area contributed by atoms with Crippen molar-refractivity contribution in [2.24, 2.45) is 5.92 Å². The number of nitrogens with one attached hydrogen (secondary N) is 2. The van der Waals surface area contributed by atoms with Crippen molar-refractivity contribution in [2.45, 2.75) is 32.9 Å². The number of carbonyl (C=O) groups excluding carboxylic acids is 1. The summed E-state index contributed by atoms with van der Waals surface area (Å²) in [6, 6.07) is 8.51. The van der Waals surface area contributed by atoms with Gasteiger partial charge in [0, 0.05) is 24.8 Å². The molecule has 1 fully saturated rings. The highest BCUT2D eigenvalue weighted by atomic mass is 16.1. The fourth-order valence-electron chi connectivity index (χ4n) is 2.54. The average molecular weight is 285 g/mol. The molecule has 1 aromatic heterocycles. The molecule has 0 unspecified atom stereocenters. The summed E-state index contributed by atoms with van der Waals surface area (Å²) in [6.45, 7) is 5.17. The minimum Gasteiger partial charge on any atom is -0.354 e. The topological polar surface area (TPSA) is 46.1 Å². The van der Waals surface area contributed by atoms with E-state index in [0.717, 1.165) is 31.1 Å². The molecule has 1 amide bonds. The molecular weight excluding hydrogens is 262 g/mol. The molecule has 3 rings (SSSR count). The summed E-state index contributed by atoms with van der Waals surface area (Å²) in [5, 5.41) is 7.54. The third-order valence-electron chi connectivity index (χ3n) is 4.02. The molecule has 1 saturated carbocycles. The van der Waals surface area contributed by atoms with Gasteiger partial charge in [0.15, 0.2) is 0 Å². The highest BCUT2D eigenvalue weighted by molar-refractivity contribution is 5.83. The van der Waals surface area contributed by atoms with Crippen molar-refractivity contribution < 1.29 is 4.79 Å². The fraction of sp³-hybridized carbons (Fsp3) is 0.471. The van der Waals surface area contributed by atoms with Crippen LogP contribution < -0.4 is 10.6 Å². The Morgan fingerprint density at radius 2 is 2.19 bits per heavy atom. The van der Waals surface area contributed by atoms with Crippen LogP contribution in [0.25, 0.3) is 10.9 Å². The van der Waals surface area contributed by atoms with E-state index in [-0.39, 0.29) is 5.91 Å². The molecule has 1 aliphatic carbocycles. The predicted molar refractivity (Wildman–Crippen MR) is 85.1 cm³/mol. The zero-order valence-corrected chi connectivity index (χ0v) is 12.6. The van der Waals surface area contributed by atoms with Crippen molar-refractivity contribution in [1.29, 1.82) is 0 Å². The summed E-state index contributed by atoms with van der Waals surface area (Å²) >= 11 is 0. The highest BCUT2D eigenvalue weighted by Crippen LogP contribution is 2.27. The van der Waals surface area contributed by atoms with Crippen LogP contribution in [-0.2, 0) is 17.9 Å². The monoisotopic (exact) mass is 285 g/mol. The van der Waals surface area contributed by atoms with Gasteiger partial charge in [-0.2, -0.15) is 0 Å². The summed E-state index contributed by atoms with van der Waals surface area (Å²) in [5.41, 5.74) is 2.38. The molecule has 4 heteroatoms. The van der Waals surface area contributed by atoms with Gasteiger partial charge in [0.1, 0.15) is 6.54 Å². The Morgan fingerprint density at radius 1 is 1.33 bits per heavy atom. The van der Waals surface area contributed by atoms with E-state index < -0.39 is 0 Å². The maximum absolute atomic E-state index is 12.0. The smallest absolute Gasteiger partial charge is 0.239 e. The lowest BCUT2D eigenvalue weighted by Gasteiger charge is -2.08. The summed E-state index contributed by atoms with van der Waals surface area (Å²) in [7, 11) is 0. The molecule has 0 atom stereocenters. The number of nitrogens with zero attached hydrogens (tertiary/aromatic N) is 1. The molecule has 1 aromatic carbocycles. The molecule has 2 aromatic rings. The molecule has 1 heterocycles. The van der Waals surface area contributed by atoms with E-state index in [4.69, 9.17) is 0 Å². The Bertz CT molecular complexity index is 628. The third kappa shape index (κ3) is 3.64. The van der Waals surface area contributed by atoms with Crippen LogP contribution in [0.5, 0.6) is 0 Å². The summed E-state index contributed by atoms with van der Waals surface area (Å²) < 4.78 is 2.03. The van der Waals surface area contributed by atoms with Gasteiger partial charge in [-0.3, -0.25) is 4.79 Å². The van der Waals surface area contributed by atoms with Crippen LogP contribution >= 0.6 is 0 Å². The van der Waals surface area contributed by atoms with Crippen molar-refractivity contribution in [3.63, 3.8) is 0 Å². The molecule has 0 spiro atoms. The molecule has 1 aliphatic rings. The Balaban J connectivity index is 1.69. The number of carbonyl (C=O) groups is 1. The Hall–Kier alpha value is -1.81. The van der Waals surface area contributed by atoms with Gasteiger partial charge in [-0.15, -0.1) is 0 Å². The SMILES string of the molecule is CCNCc1ccc2ccn(CC(=O)NCC3CC3)c2c1. The number of benzene rings is 1. The van der Waals surface area contributed by atoms with Gasteiger partial charge in [0.25, 0.3) is 0 Å². The lowest BCUT2D eigenvalue weighted by molar-refractivity contribution is -0.121. The summed E-state index contributed by atoms with van der Waals surface area (Å²) in [6.07, 6.45) is 4.53. The molecule has 0 aliphatic heterocycles. The number of hydrogen-bond donors (Lipinski definition) is 2. The molecule has 0 saturated heterocycles. The minimum absolute atomic E-state index is 0.108. The quantitative estimate of drug-likeness (QED) is 0.820. The zero-order valence-electron chi connectivity index (χ0n) is 12.6. The maximum atomic E-state index is 12.0. The first-order valence-corrected chi connectivity index (χ1v) is 7.81. The van der Waals surface area contributed by atoms with Crippen LogP contribution in [0, 0.1) is 5.92 Å². The second kappa shape index (κ2) is 6.31. The van der Waals surface area contributed by atoms with Crippen molar-refractivity contribution in [1.82, 2.24) is 15.2 Å². The van der Waals surface area contributed by atoms with E-state index in [1.165, 1.54) is 23.8 Å². The van der Waals surface area contributed by atoms with Crippen LogP contribution in [-0.4, -0.2) is 23.6 Å². The first-order chi connectivity index (χ1) is 10.3. The van der Waals surface area contributed by atoms with Crippen LogP contribution in [0.4, 0.5) is 0 Å². The second-order valence-corrected chi connectivity index (χ2v) is 5.86. The Labute approximate surface area is 125 Å². The molecular formula is C17H23N3O. The molecule has 4 nitrogen and oxygen atoms in total. The number of aromatic nitrogens is 1. The predicted octanol–water partition coefficient (Wildman–Crippen LogP) is 2.28. The van der Waals surface area contributed by atoms with E-state index in [9.17, 15) is 4.79 Å². The largest absolute Gasteiger partial charge is 0.354 e. The van der Waals surface area contributed by atoms with Crippen LogP contribution in [0.2, 0.25) is 0 Å². The number of amides is 1. The van der Waals surface area contributed by atoms with E-state index in [1.807, 2.05) is 10.8 Å². The normalized spacial score (nSPS) is 14.5. The lowest BCUT2D eigenvalue weighted by atomic mass is 10.1. The van der Waals surface area contributed by atoms with E-state index in [0.29, 0.717) is 6.54 Å². The third-order valence-corrected chi connectivity index (χ3v) is 4.02. The molecule has 112 valence electrons. The summed E-state index contributed by atoms with van der Waals surface area (Å²) in [5.74, 6) is 0.832. The van der Waals surface area contributed by atoms with Crippen molar-refractivity contribution in [2.75, 3.05) is 13.1 Å². The van der Waals surface area contributed by atoms with Gasteiger partial charge < -0.3 is 15.2 Å². The van der Waals surface area contributed by atoms with Crippen LogP contribution in [0.15, 0.2) is 30.5 Å². The van der Waals surface area contributed by atoms with Gasteiger partial charge in [0.2, 0.25) is 5.91 Å². The van der Waals surface area contributed by atoms with Gasteiger partial charge in [-0.05, 0) is 48.4 Å². The van der Waals surface area contributed by atoms with Gasteiger partial charge in [-0.25, -0.2) is 0 Å². The van der Waals surface area contributed by atoms with Crippen LogP contribution in [0.3, 0.4) is 0 Å². The Morgan fingerprint density at radius 3 is 2.95 bits per heavy atom. The molecule has 0 bridgehead atoms. The average Bonchev–Trinajstić information content (AvgIpc) is 3.25. The number of fused-ring (bicyclic) bond motifs is 1.